The minimum Gasteiger partial charge on any atom is -0.478 e. The van der Waals surface area contributed by atoms with E-state index >= 15 is 0 Å². The molecule has 2 bridgehead atoms. The van der Waals surface area contributed by atoms with Gasteiger partial charge in [-0.1, -0.05) is 29.3 Å². The molecule has 0 radical (unpaired) electrons. The van der Waals surface area contributed by atoms with Gasteiger partial charge in [0.1, 0.15) is 11.3 Å². The molecule has 4 heterocycles. The van der Waals surface area contributed by atoms with Crippen molar-refractivity contribution in [3.8, 4) is 0 Å². The minimum absolute atomic E-state index is 0.0759. The molecule has 2 aliphatic carbocycles. The number of carbonyl (C=O) groups is 1. The number of aromatic carboxylic acids is 1. The van der Waals surface area contributed by atoms with Crippen molar-refractivity contribution in [2.75, 3.05) is 4.90 Å². The van der Waals surface area contributed by atoms with Crippen molar-refractivity contribution in [3.63, 3.8) is 0 Å². The number of ether oxygens (including phenoxy) is 1. The molecule has 0 spiro atoms. The molecule has 4 fully saturated rings. The monoisotopic (exact) mass is 593 g/mol. The minimum atomic E-state index is -4.27. The molecule has 2 saturated heterocycles. The summed E-state index contributed by atoms with van der Waals surface area (Å²) < 4.78 is 69.0. The Balaban J connectivity index is 1.08. The Morgan fingerprint density at radius 2 is 1.83 bits per heavy atom. The number of fused-ring (bicyclic) bond motifs is 3. The first-order valence-corrected chi connectivity index (χ1v) is 15.3. The molecule has 12 heteroatoms. The predicted octanol–water partition coefficient (Wildman–Crippen LogP) is 7.55. The highest BCUT2D eigenvalue weighted by Crippen LogP contribution is 2.50. The summed E-state index contributed by atoms with van der Waals surface area (Å²) in [6.45, 7) is 0.195. The van der Waals surface area contributed by atoms with Gasteiger partial charge >= 0.3 is 12.1 Å². The summed E-state index contributed by atoms with van der Waals surface area (Å²) in [6.07, 6.45) is 2.77. The van der Waals surface area contributed by atoms with Crippen molar-refractivity contribution in [2.45, 2.75) is 107 Å². The predicted molar refractivity (Wildman–Crippen MR) is 143 cm³/mol. The van der Waals surface area contributed by atoms with Gasteiger partial charge in [0.15, 0.2) is 10.9 Å². The normalized spacial score (nSPS) is 28.5. The number of anilines is 1. The van der Waals surface area contributed by atoms with Gasteiger partial charge in [-0.05, 0) is 63.5 Å². The fourth-order valence-electron chi connectivity index (χ4n) is 7.28. The lowest BCUT2D eigenvalue weighted by Gasteiger charge is -2.38. The van der Waals surface area contributed by atoms with Crippen LogP contribution in [0, 0.1) is 11.7 Å². The Morgan fingerprint density at radius 3 is 2.51 bits per heavy atom. The van der Waals surface area contributed by atoms with Crippen LogP contribution >= 0.6 is 11.3 Å². The fourth-order valence-corrected chi connectivity index (χ4v) is 8.44. The first kappa shape index (κ1) is 27.1. The van der Waals surface area contributed by atoms with Crippen LogP contribution in [-0.4, -0.2) is 45.6 Å². The maximum atomic E-state index is 14.6. The highest BCUT2D eigenvalue weighted by atomic mass is 32.1. The molecule has 1 N–H and O–H groups in total. The largest absolute Gasteiger partial charge is 0.478 e. The molecule has 7 nitrogen and oxygen atoms in total. The van der Waals surface area contributed by atoms with Crippen molar-refractivity contribution in [3.05, 3.63) is 40.5 Å². The van der Waals surface area contributed by atoms with E-state index in [1.54, 1.807) is 0 Å². The maximum absolute atomic E-state index is 14.6. The second kappa shape index (κ2) is 10.2. The number of piperidine rings is 1. The third-order valence-corrected chi connectivity index (χ3v) is 10.4. The van der Waals surface area contributed by atoms with Crippen LogP contribution in [0.4, 0.5) is 22.7 Å². The quantitative estimate of drug-likeness (QED) is 0.283. The topological polar surface area (TPSA) is 88.7 Å². The molecule has 5 atom stereocenters. The average molecular weight is 594 g/mol. The van der Waals surface area contributed by atoms with Gasteiger partial charge in [0.25, 0.3) is 0 Å². The van der Waals surface area contributed by atoms with Crippen LogP contribution in [0.3, 0.4) is 0 Å². The van der Waals surface area contributed by atoms with Crippen LogP contribution < -0.4 is 4.90 Å². The van der Waals surface area contributed by atoms with Crippen molar-refractivity contribution in [1.29, 1.82) is 0 Å². The Bertz CT molecular complexity index is 1450. The summed E-state index contributed by atoms with van der Waals surface area (Å²) in [5, 5.41) is 14.2. The number of carboxylic acids is 1. The highest BCUT2D eigenvalue weighted by Gasteiger charge is 2.49. The summed E-state index contributed by atoms with van der Waals surface area (Å²) >= 11 is 1.30. The molecule has 7 rings (SSSR count). The number of rotatable bonds is 7. The van der Waals surface area contributed by atoms with Crippen LogP contribution in [0.5, 0.6) is 0 Å². The summed E-state index contributed by atoms with van der Waals surface area (Å²) in [5.74, 6) is -3.02. The van der Waals surface area contributed by atoms with E-state index in [4.69, 9.17) is 9.26 Å². The molecule has 1 unspecified atom stereocenters. The fraction of sp³-hybridized carbons (Fsp3) is 0.621. The van der Waals surface area contributed by atoms with Crippen molar-refractivity contribution >= 4 is 32.7 Å². The van der Waals surface area contributed by atoms with E-state index < -0.39 is 29.8 Å². The van der Waals surface area contributed by atoms with E-state index in [2.05, 4.69) is 15.0 Å². The first-order valence-electron chi connectivity index (χ1n) is 14.5. The van der Waals surface area contributed by atoms with E-state index in [0.29, 0.717) is 34.1 Å². The van der Waals surface area contributed by atoms with E-state index in [0.717, 1.165) is 56.6 Å². The van der Waals surface area contributed by atoms with Crippen LogP contribution in [0.2, 0.25) is 0 Å². The Hall–Kier alpha value is -2.73. The number of halogens is 4. The first-order chi connectivity index (χ1) is 19.7. The lowest BCUT2D eigenvalue weighted by molar-refractivity contribution is -0.187. The van der Waals surface area contributed by atoms with Crippen LogP contribution in [0.15, 0.2) is 16.7 Å². The van der Waals surface area contributed by atoms with Gasteiger partial charge < -0.3 is 19.3 Å². The summed E-state index contributed by atoms with van der Waals surface area (Å²) in [4.78, 5) is 18.1. The SMILES string of the molecule is O=C(O)c1cc(F)c2nc(N3[C@@H]4CC[C@H]3CC(OCc3c([C@H]5CCCC[C@@H]5C(F)(F)F)noc3C3CC3)C4)sc2c1. The van der Waals surface area contributed by atoms with Gasteiger partial charge in [-0.15, -0.1) is 0 Å². The Morgan fingerprint density at radius 1 is 1.10 bits per heavy atom. The molecular weight excluding hydrogens is 562 g/mol. The number of carboxylic acid groups (broad SMARTS) is 1. The lowest BCUT2D eigenvalue weighted by Crippen LogP contribution is -2.45. The molecule has 41 heavy (non-hydrogen) atoms. The van der Waals surface area contributed by atoms with Crippen molar-refractivity contribution < 1.29 is 36.7 Å². The van der Waals surface area contributed by atoms with Gasteiger partial charge in [-0.3, -0.25) is 0 Å². The van der Waals surface area contributed by atoms with Crippen LogP contribution in [0.25, 0.3) is 10.2 Å². The highest BCUT2D eigenvalue weighted by molar-refractivity contribution is 7.22. The van der Waals surface area contributed by atoms with Crippen LogP contribution in [-0.2, 0) is 11.3 Å². The average Bonchev–Trinajstić information content (AvgIpc) is 3.44. The van der Waals surface area contributed by atoms with Gasteiger partial charge in [-0.2, -0.15) is 13.2 Å². The zero-order valence-corrected chi connectivity index (χ0v) is 23.1. The molecule has 220 valence electrons. The zero-order valence-electron chi connectivity index (χ0n) is 22.3. The molecule has 4 aliphatic rings. The van der Waals surface area contributed by atoms with E-state index in [1.807, 2.05) is 0 Å². The molecule has 0 amide bonds. The number of hydrogen-bond acceptors (Lipinski definition) is 7. The number of hydrogen-bond donors (Lipinski definition) is 1. The molecule has 2 aromatic heterocycles. The van der Waals surface area contributed by atoms with Gasteiger partial charge in [0.05, 0.1) is 34.6 Å². The Kier molecular flexibility index (Phi) is 6.76. The van der Waals surface area contributed by atoms with Crippen molar-refractivity contribution in [1.82, 2.24) is 10.1 Å². The number of alkyl halides is 3. The number of aromatic nitrogens is 2. The second-order valence-electron chi connectivity index (χ2n) is 12.0. The number of thiazole rings is 1. The van der Waals surface area contributed by atoms with Gasteiger partial charge in [-0.25, -0.2) is 14.2 Å². The lowest BCUT2D eigenvalue weighted by atomic mass is 9.76. The smallest absolute Gasteiger partial charge is 0.392 e. The van der Waals surface area contributed by atoms with E-state index in [1.165, 1.54) is 17.4 Å². The second-order valence-corrected chi connectivity index (χ2v) is 13.0. The van der Waals surface area contributed by atoms with E-state index in [-0.39, 0.29) is 48.2 Å². The zero-order chi connectivity index (χ0) is 28.5. The standard InChI is InChI=1S/C29H31F4N3O4S/c30-22-9-15(27(37)38)10-23-25(22)34-28(41-23)36-16-7-8-17(36)12-18(11-16)39-13-20-24(35-40-26(20)14-5-6-14)19-3-1-2-4-21(19)29(31,32)33/h9-10,14,16-19,21H,1-8,11-13H2,(H,37,38)/t16-,17+,18?,19-,21-/m0/s1. The van der Waals surface area contributed by atoms with Gasteiger partial charge in [0, 0.05) is 29.5 Å². The summed E-state index contributed by atoms with van der Waals surface area (Å²) in [7, 11) is 0. The Labute approximate surface area is 237 Å². The molecule has 1 aromatic carbocycles. The molecular formula is C29H31F4N3O4S. The maximum Gasteiger partial charge on any atom is 0.392 e. The molecule has 2 aliphatic heterocycles. The van der Waals surface area contributed by atoms with Crippen LogP contribution in [0.1, 0.15) is 103 Å². The number of nitrogens with zero attached hydrogens (tertiary/aromatic N) is 3. The van der Waals surface area contributed by atoms with Crippen molar-refractivity contribution in [2.24, 2.45) is 5.92 Å². The summed E-state index contributed by atoms with van der Waals surface area (Å²) in [5.41, 5.74) is 1.24. The van der Waals surface area contributed by atoms with Gasteiger partial charge in [0.2, 0.25) is 0 Å². The molecule has 2 saturated carbocycles. The third-order valence-electron chi connectivity index (χ3n) is 9.39. The number of benzene rings is 1. The summed E-state index contributed by atoms with van der Waals surface area (Å²) in [6, 6.07) is 2.74. The molecule has 3 aromatic rings. The van der Waals surface area contributed by atoms with E-state index in [9.17, 15) is 27.5 Å². The third kappa shape index (κ3) is 5.00.